The van der Waals surface area contributed by atoms with E-state index in [4.69, 9.17) is 4.74 Å². The molecule has 1 aromatic carbocycles. The van der Waals surface area contributed by atoms with Crippen molar-refractivity contribution in [2.24, 2.45) is 0 Å². The average molecular weight is 362 g/mol. The number of carbonyl (C=O) groups excluding carboxylic acids is 2. The fourth-order valence-corrected chi connectivity index (χ4v) is 2.93. The number of hydrogen-bond donors (Lipinski definition) is 2. The van der Waals surface area contributed by atoms with Crippen LogP contribution >= 0.6 is 0 Å². The second-order valence-corrected chi connectivity index (χ2v) is 6.62. The van der Waals surface area contributed by atoms with Crippen LogP contribution in [0.5, 0.6) is 0 Å². The molecule has 7 nitrogen and oxygen atoms in total. The van der Waals surface area contributed by atoms with Crippen LogP contribution < -0.4 is 15.5 Å². The Balaban J connectivity index is 2.06. The van der Waals surface area contributed by atoms with Crippen LogP contribution in [0.15, 0.2) is 24.3 Å². The summed E-state index contributed by atoms with van der Waals surface area (Å²) in [7, 11) is 4.01. The predicted molar refractivity (Wildman–Crippen MR) is 102 cm³/mol. The van der Waals surface area contributed by atoms with Crippen molar-refractivity contribution in [2.75, 3.05) is 58.4 Å². The molecule has 26 heavy (non-hydrogen) atoms. The highest BCUT2D eigenvalue weighted by molar-refractivity contribution is 6.35. The molecule has 0 radical (unpaired) electrons. The van der Waals surface area contributed by atoms with Crippen LogP contribution in [0.2, 0.25) is 0 Å². The molecular weight excluding hydrogens is 332 g/mol. The third-order valence-electron chi connectivity index (χ3n) is 4.48. The summed E-state index contributed by atoms with van der Waals surface area (Å²) >= 11 is 0. The number of ether oxygens (including phenoxy) is 1. The molecule has 7 heteroatoms. The van der Waals surface area contributed by atoms with Crippen LogP contribution in [0.25, 0.3) is 0 Å². The smallest absolute Gasteiger partial charge is 0.309 e. The number of amides is 2. The van der Waals surface area contributed by atoms with E-state index >= 15 is 0 Å². The molecule has 0 aliphatic carbocycles. The Kier molecular flexibility index (Phi) is 7.87. The molecule has 0 aromatic heterocycles. The molecule has 1 aliphatic heterocycles. The maximum absolute atomic E-state index is 12.0. The largest absolute Gasteiger partial charge is 0.379 e. The molecule has 2 N–H and O–H groups in total. The van der Waals surface area contributed by atoms with E-state index in [9.17, 15) is 9.59 Å². The van der Waals surface area contributed by atoms with E-state index in [1.54, 1.807) is 0 Å². The minimum atomic E-state index is -0.582. The zero-order chi connectivity index (χ0) is 18.9. The SMILES string of the molecule is CCCNC(=O)C(=O)NC[C@@H](c1ccc(N(C)C)cc1)N1CCOCC1. The summed E-state index contributed by atoms with van der Waals surface area (Å²) in [4.78, 5) is 28.2. The molecule has 1 saturated heterocycles. The van der Waals surface area contributed by atoms with Gasteiger partial charge in [-0.3, -0.25) is 14.5 Å². The highest BCUT2D eigenvalue weighted by atomic mass is 16.5. The topological polar surface area (TPSA) is 73.9 Å². The number of nitrogens with zero attached hydrogens (tertiary/aromatic N) is 2. The van der Waals surface area contributed by atoms with Gasteiger partial charge in [-0.05, 0) is 24.1 Å². The van der Waals surface area contributed by atoms with E-state index < -0.39 is 11.8 Å². The van der Waals surface area contributed by atoms with Crippen molar-refractivity contribution >= 4 is 17.5 Å². The van der Waals surface area contributed by atoms with Gasteiger partial charge in [0, 0.05) is 46.0 Å². The lowest BCUT2D eigenvalue weighted by Crippen LogP contribution is -2.46. The van der Waals surface area contributed by atoms with Crippen molar-refractivity contribution in [1.29, 1.82) is 0 Å². The molecule has 2 amide bonds. The quantitative estimate of drug-likeness (QED) is 0.701. The Morgan fingerprint density at radius 2 is 1.73 bits per heavy atom. The van der Waals surface area contributed by atoms with Gasteiger partial charge in [0.2, 0.25) is 0 Å². The van der Waals surface area contributed by atoms with Crippen molar-refractivity contribution in [3.63, 3.8) is 0 Å². The van der Waals surface area contributed by atoms with Gasteiger partial charge >= 0.3 is 11.8 Å². The van der Waals surface area contributed by atoms with Gasteiger partial charge in [-0.2, -0.15) is 0 Å². The third kappa shape index (κ3) is 5.71. The van der Waals surface area contributed by atoms with Gasteiger partial charge in [-0.15, -0.1) is 0 Å². The maximum Gasteiger partial charge on any atom is 0.309 e. The van der Waals surface area contributed by atoms with Crippen molar-refractivity contribution in [1.82, 2.24) is 15.5 Å². The molecular formula is C19H30N4O3. The summed E-state index contributed by atoms with van der Waals surface area (Å²) in [5.41, 5.74) is 2.24. The molecule has 1 heterocycles. The van der Waals surface area contributed by atoms with Gasteiger partial charge in [0.05, 0.1) is 19.3 Å². The molecule has 1 aliphatic rings. The molecule has 0 saturated carbocycles. The number of hydrogen-bond acceptors (Lipinski definition) is 5. The van der Waals surface area contributed by atoms with Gasteiger partial charge in [0.1, 0.15) is 0 Å². The van der Waals surface area contributed by atoms with Gasteiger partial charge < -0.3 is 20.3 Å². The molecule has 2 rings (SSSR count). The molecule has 144 valence electrons. The summed E-state index contributed by atoms with van der Waals surface area (Å²) in [6, 6.07) is 8.31. The first-order valence-corrected chi connectivity index (χ1v) is 9.18. The van der Waals surface area contributed by atoms with Crippen LogP contribution in [0.3, 0.4) is 0 Å². The van der Waals surface area contributed by atoms with Gasteiger partial charge in [0.15, 0.2) is 0 Å². The number of morpholine rings is 1. The number of nitrogens with one attached hydrogen (secondary N) is 2. The van der Waals surface area contributed by atoms with Crippen LogP contribution in [0.1, 0.15) is 24.9 Å². The molecule has 1 fully saturated rings. The predicted octanol–water partition coefficient (Wildman–Crippen LogP) is 0.768. The van der Waals surface area contributed by atoms with E-state index in [2.05, 4.69) is 39.8 Å². The van der Waals surface area contributed by atoms with Crippen LogP contribution in [-0.4, -0.2) is 70.2 Å². The van der Waals surface area contributed by atoms with E-state index in [1.807, 2.05) is 25.9 Å². The Bertz CT molecular complexity index is 583. The van der Waals surface area contributed by atoms with Crippen molar-refractivity contribution in [3.05, 3.63) is 29.8 Å². The first-order valence-electron chi connectivity index (χ1n) is 9.18. The summed E-state index contributed by atoms with van der Waals surface area (Å²) in [6.07, 6.45) is 0.799. The second kappa shape index (κ2) is 10.1. The lowest BCUT2D eigenvalue weighted by atomic mass is 10.0. The Hall–Kier alpha value is -2.12. The zero-order valence-electron chi connectivity index (χ0n) is 16.0. The molecule has 0 bridgehead atoms. The summed E-state index contributed by atoms with van der Waals surface area (Å²) < 4.78 is 5.44. The summed E-state index contributed by atoms with van der Waals surface area (Å²) in [6.45, 7) is 5.80. The summed E-state index contributed by atoms with van der Waals surface area (Å²) in [5.74, 6) is -1.16. The fraction of sp³-hybridized carbons (Fsp3) is 0.579. The van der Waals surface area contributed by atoms with Gasteiger partial charge in [0.25, 0.3) is 0 Å². The Morgan fingerprint density at radius 1 is 1.12 bits per heavy atom. The fourth-order valence-electron chi connectivity index (χ4n) is 2.93. The minimum absolute atomic E-state index is 0.0121. The first kappa shape index (κ1) is 20.2. The molecule has 0 unspecified atom stereocenters. The second-order valence-electron chi connectivity index (χ2n) is 6.62. The monoisotopic (exact) mass is 362 g/mol. The van der Waals surface area contributed by atoms with Gasteiger partial charge in [-0.25, -0.2) is 0 Å². The van der Waals surface area contributed by atoms with E-state index in [0.29, 0.717) is 26.3 Å². The van der Waals surface area contributed by atoms with Crippen LogP contribution in [0.4, 0.5) is 5.69 Å². The van der Waals surface area contributed by atoms with Crippen LogP contribution in [0, 0.1) is 0 Å². The minimum Gasteiger partial charge on any atom is -0.379 e. The highest BCUT2D eigenvalue weighted by Crippen LogP contribution is 2.23. The number of rotatable bonds is 7. The standard InChI is InChI=1S/C19H30N4O3/c1-4-9-20-18(24)19(25)21-14-17(23-10-12-26-13-11-23)15-5-7-16(8-6-15)22(2)3/h5-8,17H,4,9-14H2,1-3H3,(H,20,24)(H,21,25)/t17-/m0/s1. The number of benzene rings is 1. The third-order valence-corrected chi connectivity index (χ3v) is 4.48. The molecule has 1 atom stereocenters. The van der Waals surface area contributed by atoms with Crippen molar-refractivity contribution in [3.8, 4) is 0 Å². The van der Waals surface area contributed by atoms with Crippen LogP contribution in [-0.2, 0) is 14.3 Å². The zero-order valence-corrected chi connectivity index (χ0v) is 16.0. The van der Waals surface area contributed by atoms with Crippen molar-refractivity contribution in [2.45, 2.75) is 19.4 Å². The Morgan fingerprint density at radius 3 is 2.31 bits per heavy atom. The van der Waals surface area contributed by atoms with E-state index in [1.165, 1.54) is 0 Å². The maximum atomic E-state index is 12.0. The Labute approximate surface area is 155 Å². The average Bonchev–Trinajstić information content (AvgIpc) is 2.67. The lowest BCUT2D eigenvalue weighted by Gasteiger charge is -2.35. The number of carbonyl (C=O) groups is 2. The first-order chi connectivity index (χ1) is 12.5. The molecule has 0 spiro atoms. The molecule has 1 aromatic rings. The lowest BCUT2D eigenvalue weighted by molar-refractivity contribution is -0.139. The highest BCUT2D eigenvalue weighted by Gasteiger charge is 2.24. The normalized spacial score (nSPS) is 16.0. The van der Waals surface area contributed by atoms with E-state index in [0.717, 1.165) is 30.8 Å². The summed E-state index contributed by atoms with van der Waals surface area (Å²) in [5, 5.41) is 5.39. The number of anilines is 1. The van der Waals surface area contributed by atoms with Gasteiger partial charge in [-0.1, -0.05) is 19.1 Å². The van der Waals surface area contributed by atoms with E-state index in [-0.39, 0.29) is 6.04 Å². The van der Waals surface area contributed by atoms with Crippen molar-refractivity contribution < 1.29 is 14.3 Å².